The number of aromatic nitrogens is 3. The second-order valence-electron chi connectivity index (χ2n) is 7.84. The highest BCUT2D eigenvalue weighted by atomic mass is 19.1. The molecule has 1 amide bonds. The molecule has 10 nitrogen and oxygen atoms in total. The van der Waals surface area contributed by atoms with Gasteiger partial charge in [-0.15, -0.1) is 0 Å². The van der Waals surface area contributed by atoms with Gasteiger partial charge >= 0.3 is 0 Å². The molecule has 1 aliphatic rings. The van der Waals surface area contributed by atoms with Crippen LogP contribution in [0.15, 0.2) is 61.3 Å². The lowest BCUT2D eigenvalue weighted by Gasteiger charge is -2.49. The third-order valence-corrected chi connectivity index (χ3v) is 5.41. The highest BCUT2D eigenvalue weighted by Gasteiger charge is 2.49. The van der Waals surface area contributed by atoms with Crippen LogP contribution < -0.4 is 5.32 Å². The summed E-state index contributed by atoms with van der Waals surface area (Å²) in [5.74, 6) is -0.282. The van der Waals surface area contributed by atoms with E-state index in [1.165, 1.54) is 6.07 Å². The summed E-state index contributed by atoms with van der Waals surface area (Å²) in [5, 5.41) is 16.8. The van der Waals surface area contributed by atoms with Crippen molar-refractivity contribution in [3.63, 3.8) is 0 Å². The van der Waals surface area contributed by atoms with Gasteiger partial charge in [0.15, 0.2) is 0 Å². The number of benzene rings is 1. The van der Waals surface area contributed by atoms with E-state index in [0.29, 0.717) is 38.0 Å². The number of halogens is 1. The number of carboxylic acid groups (broad SMARTS) is 2. The number of H-pyrrole nitrogens is 1. The maximum Gasteiger partial charge on any atom is 0.290 e. The summed E-state index contributed by atoms with van der Waals surface area (Å²) in [4.78, 5) is 43.1. The Hall–Kier alpha value is -4.12. The minimum atomic E-state index is -0.622. The number of amides is 1. The van der Waals surface area contributed by atoms with Gasteiger partial charge in [-0.05, 0) is 35.7 Å². The van der Waals surface area contributed by atoms with E-state index >= 15 is 0 Å². The van der Waals surface area contributed by atoms with Crippen molar-refractivity contribution in [1.82, 2.24) is 25.2 Å². The number of imidazole rings is 1. The maximum atomic E-state index is 14.3. The van der Waals surface area contributed by atoms with Crippen LogP contribution >= 0.6 is 0 Å². The number of nitrogens with one attached hydrogen (secondary N) is 2. The quantitative estimate of drug-likeness (QED) is 0.353. The number of likely N-dealkylation sites (tertiary alicyclic amines) is 1. The topological polar surface area (TPSA) is 149 Å². The Labute approximate surface area is 201 Å². The number of carbonyl (C=O) groups excluding carboxylic acids is 1. The Balaban J connectivity index is 0.000000655. The predicted octanol–water partition coefficient (Wildman–Crippen LogP) is 1.75. The van der Waals surface area contributed by atoms with E-state index in [0.717, 1.165) is 17.8 Å². The molecule has 0 atom stereocenters. The minimum absolute atomic E-state index is 0.0220. The summed E-state index contributed by atoms with van der Waals surface area (Å²) in [7, 11) is 0. The normalized spacial score (nSPS) is 13.6. The van der Waals surface area contributed by atoms with Gasteiger partial charge in [0.1, 0.15) is 5.82 Å². The third kappa shape index (κ3) is 8.31. The van der Waals surface area contributed by atoms with Crippen LogP contribution in [-0.2, 0) is 33.8 Å². The SMILES string of the molecule is O=C(NCCc1cnc[nH]1)C1(Cc2ccccc2F)CN(Cc2ccncc2)C1.O=CO.O=CO. The molecule has 0 saturated carbocycles. The van der Waals surface area contributed by atoms with Crippen molar-refractivity contribution in [2.45, 2.75) is 19.4 Å². The van der Waals surface area contributed by atoms with E-state index in [9.17, 15) is 9.18 Å². The fraction of sp³-hybridized carbons (Fsp3) is 0.292. The van der Waals surface area contributed by atoms with Gasteiger partial charge < -0.3 is 20.5 Å². The molecule has 3 heterocycles. The fourth-order valence-corrected chi connectivity index (χ4v) is 3.93. The first-order chi connectivity index (χ1) is 17.0. The maximum absolute atomic E-state index is 14.3. The van der Waals surface area contributed by atoms with Crippen LogP contribution in [0, 0.1) is 11.2 Å². The van der Waals surface area contributed by atoms with Crippen LogP contribution in [0.4, 0.5) is 4.39 Å². The average Bonchev–Trinajstić information content (AvgIpc) is 3.34. The summed E-state index contributed by atoms with van der Waals surface area (Å²) >= 11 is 0. The molecule has 0 radical (unpaired) electrons. The molecule has 1 aliphatic heterocycles. The Bertz CT molecular complexity index is 1040. The van der Waals surface area contributed by atoms with Crippen molar-refractivity contribution in [2.24, 2.45) is 5.41 Å². The Morgan fingerprint density at radius 2 is 1.77 bits per heavy atom. The Morgan fingerprint density at radius 1 is 1.11 bits per heavy atom. The molecule has 0 spiro atoms. The number of pyridine rings is 1. The number of nitrogens with zero attached hydrogens (tertiary/aromatic N) is 3. The number of hydrogen-bond acceptors (Lipinski definition) is 6. The summed E-state index contributed by atoms with van der Waals surface area (Å²) < 4.78 is 14.3. The Morgan fingerprint density at radius 3 is 2.37 bits per heavy atom. The standard InChI is InChI=1S/C22H24FN5O.2CH2O2/c23-20-4-2-1-3-18(20)11-22(21(29)26-10-7-19-12-25-16-27-19)14-28(15-22)13-17-5-8-24-9-6-17;2*2-1-3/h1-6,8-9,12,16H,7,10-11,13-15H2,(H,25,27)(H,26,29);2*1H,(H,2,3). The summed E-state index contributed by atoms with van der Waals surface area (Å²) in [6.07, 6.45) is 7.99. The molecule has 1 saturated heterocycles. The average molecular weight is 486 g/mol. The second-order valence-corrected chi connectivity index (χ2v) is 7.84. The molecule has 35 heavy (non-hydrogen) atoms. The van der Waals surface area contributed by atoms with Crippen molar-refractivity contribution in [1.29, 1.82) is 0 Å². The summed E-state index contributed by atoms with van der Waals surface area (Å²) in [5.41, 5.74) is 2.09. The van der Waals surface area contributed by atoms with Gasteiger partial charge in [0.25, 0.3) is 12.9 Å². The van der Waals surface area contributed by atoms with Gasteiger partial charge in [-0.3, -0.25) is 24.3 Å². The summed E-state index contributed by atoms with van der Waals surface area (Å²) in [6, 6.07) is 10.7. The van der Waals surface area contributed by atoms with Crippen LogP contribution in [0.5, 0.6) is 0 Å². The van der Waals surface area contributed by atoms with Crippen LogP contribution in [0.2, 0.25) is 0 Å². The Kier molecular flexibility index (Phi) is 11.0. The molecule has 2 aromatic heterocycles. The molecule has 4 rings (SSSR count). The smallest absolute Gasteiger partial charge is 0.290 e. The van der Waals surface area contributed by atoms with Crippen molar-refractivity contribution >= 4 is 18.9 Å². The van der Waals surface area contributed by atoms with Crippen LogP contribution in [0.25, 0.3) is 0 Å². The predicted molar refractivity (Wildman–Crippen MR) is 125 cm³/mol. The van der Waals surface area contributed by atoms with Crippen LogP contribution in [-0.4, -0.2) is 68.6 Å². The van der Waals surface area contributed by atoms with E-state index in [2.05, 4.69) is 25.2 Å². The lowest BCUT2D eigenvalue weighted by atomic mass is 9.73. The van der Waals surface area contributed by atoms with Gasteiger partial charge in [-0.2, -0.15) is 0 Å². The summed E-state index contributed by atoms with van der Waals surface area (Å²) in [6.45, 7) is 1.96. The number of rotatable bonds is 8. The fourth-order valence-electron chi connectivity index (χ4n) is 3.93. The molecule has 0 bridgehead atoms. The first kappa shape index (κ1) is 27.1. The van der Waals surface area contributed by atoms with E-state index in [1.807, 2.05) is 18.2 Å². The van der Waals surface area contributed by atoms with E-state index in [1.54, 1.807) is 37.1 Å². The molecular weight excluding hydrogens is 457 g/mol. The van der Waals surface area contributed by atoms with Gasteiger partial charge in [0.05, 0.1) is 11.7 Å². The molecule has 0 aliphatic carbocycles. The van der Waals surface area contributed by atoms with E-state index < -0.39 is 5.41 Å². The van der Waals surface area contributed by atoms with Crippen molar-refractivity contribution < 1.29 is 29.0 Å². The van der Waals surface area contributed by atoms with Crippen LogP contribution in [0.3, 0.4) is 0 Å². The first-order valence-corrected chi connectivity index (χ1v) is 10.7. The third-order valence-electron chi connectivity index (χ3n) is 5.41. The molecule has 0 unspecified atom stereocenters. The highest BCUT2D eigenvalue weighted by molar-refractivity contribution is 5.84. The van der Waals surface area contributed by atoms with Crippen molar-refractivity contribution in [2.75, 3.05) is 19.6 Å². The monoisotopic (exact) mass is 485 g/mol. The lowest BCUT2D eigenvalue weighted by Crippen LogP contribution is -2.64. The van der Waals surface area contributed by atoms with Gasteiger partial charge in [0.2, 0.25) is 5.91 Å². The molecule has 1 fully saturated rings. The zero-order valence-corrected chi connectivity index (χ0v) is 19.0. The largest absolute Gasteiger partial charge is 0.483 e. The molecule has 4 N–H and O–H groups in total. The minimum Gasteiger partial charge on any atom is -0.483 e. The number of hydrogen-bond donors (Lipinski definition) is 4. The molecular formula is C24H28FN5O5. The molecule has 186 valence electrons. The molecule has 1 aromatic carbocycles. The van der Waals surface area contributed by atoms with Gasteiger partial charge in [0, 0.05) is 56.9 Å². The zero-order chi connectivity index (χ0) is 25.5. The lowest BCUT2D eigenvalue weighted by molar-refractivity contribution is -0.142. The van der Waals surface area contributed by atoms with E-state index in [4.69, 9.17) is 19.8 Å². The first-order valence-electron chi connectivity index (χ1n) is 10.7. The molecule has 11 heteroatoms. The second kappa shape index (κ2) is 14.2. The zero-order valence-electron chi connectivity index (χ0n) is 19.0. The van der Waals surface area contributed by atoms with Gasteiger partial charge in [-0.1, -0.05) is 18.2 Å². The van der Waals surface area contributed by atoms with E-state index in [-0.39, 0.29) is 24.7 Å². The van der Waals surface area contributed by atoms with Crippen molar-refractivity contribution in [3.8, 4) is 0 Å². The number of carbonyl (C=O) groups is 3. The molecule has 3 aromatic rings. The van der Waals surface area contributed by atoms with Crippen LogP contribution in [0.1, 0.15) is 16.8 Å². The number of aromatic amines is 1. The highest BCUT2D eigenvalue weighted by Crippen LogP contribution is 2.36. The van der Waals surface area contributed by atoms with Gasteiger partial charge in [-0.25, -0.2) is 9.37 Å². The van der Waals surface area contributed by atoms with Crippen molar-refractivity contribution in [3.05, 3.63) is 84.0 Å².